The summed E-state index contributed by atoms with van der Waals surface area (Å²) in [5, 5.41) is 16.3. The molecule has 1 saturated heterocycles. The first-order valence-corrected chi connectivity index (χ1v) is 6.23. The summed E-state index contributed by atoms with van der Waals surface area (Å²) >= 11 is 1.09. The van der Waals surface area contributed by atoms with Crippen LogP contribution in [0.15, 0.2) is 5.38 Å². The molecule has 1 aromatic rings. The van der Waals surface area contributed by atoms with E-state index in [2.05, 4.69) is 15.6 Å². The molecule has 1 fully saturated rings. The van der Waals surface area contributed by atoms with Gasteiger partial charge < -0.3 is 15.7 Å². The van der Waals surface area contributed by atoms with Crippen molar-refractivity contribution in [3.63, 3.8) is 0 Å². The molecule has 1 aliphatic rings. The van der Waals surface area contributed by atoms with Gasteiger partial charge in [0, 0.05) is 18.5 Å². The first kappa shape index (κ1) is 12.0. The van der Waals surface area contributed by atoms with Gasteiger partial charge in [0.1, 0.15) is 0 Å². The van der Waals surface area contributed by atoms with Gasteiger partial charge in [-0.1, -0.05) is 0 Å². The summed E-state index contributed by atoms with van der Waals surface area (Å²) < 4.78 is 0. The van der Waals surface area contributed by atoms with Crippen molar-refractivity contribution in [2.75, 3.05) is 6.54 Å². The van der Waals surface area contributed by atoms with Gasteiger partial charge in [-0.25, -0.2) is 9.78 Å². The quantitative estimate of drug-likeness (QED) is 0.715. The number of aromatic nitrogens is 1. The van der Waals surface area contributed by atoms with Crippen molar-refractivity contribution >= 4 is 23.2 Å². The molecule has 0 aromatic carbocycles. The molecule has 1 aromatic heterocycles. The van der Waals surface area contributed by atoms with Crippen LogP contribution in [0.5, 0.6) is 0 Å². The SMILES string of the molecule is O=C(O)c1nc(CNC2CCCNC2=O)cs1. The molecular formula is C10H13N3O3S. The number of carboxylic acid groups (broad SMARTS) is 1. The summed E-state index contributed by atoms with van der Waals surface area (Å²) in [5.41, 5.74) is 0.658. The van der Waals surface area contributed by atoms with E-state index in [4.69, 9.17) is 5.11 Å². The first-order chi connectivity index (χ1) is 8.16. The normalized spacial score (nSPS) is 20.0. The van der Waals surface area contributed by atoms with Gasteiger partial charge in [0.25, 0.3) is 0 Å². The summed E-state index contributed by atoms with van der Waals surface area (Å²) in [7, 11) is 0. The Balaban J connectivity index is 1.88. The van der Waals surface area contributed by atoms with Crippen LogP contribution in [0.1, 0.15) is 28.3 Å². The molecule has 6 nitrogen and oxygen atoms in total. The Morgan fingerprint density at radius 2 is 2.53 bits per heavy atom. The van der Waals surface area contributed by atoms with Gasteiger partial charge >= 0.3 is 5.97 Å². The zero-order chi connectivity index (χ0) is 12.3. The maximum atomic E-state index is 11.4. The van der Waals surface area contributed by atoms with Crippen molar-refractivity contribution < 1.29 is 14.7 Å². The Morgan fingerprint density at radius 3 is 3.18 bits per heavy atom. The average Bonchev–Trinajstić information content (AvgIpc) is 2.77. The molecule has 3 N–H and O–H groups in total. The molecule has 0 spiro atoms. The van der Waals surface area contributed by atoms with Crippen LogP contribution >= 0.6 is 11.3 Å². The van der Waals surface area contributed by atoms with Gasteiger partial charge in [-0.2, -0.15) is 0 Å². The maximum absolute atomic E-state index is 11.4. The van der Waals surface area contributed by atoms with E-state index in [-0.39, 0.29) is 17.0 Å². The largest absolute Gasteiger partial charge is 0.476 e. The summed E-state index contributed by atoms with van der Waals surface area (Å²) in [6, 6.07) is -0.196. The van der Waals surface area contributed by atoms with Gasteiger partial charge in [0.05, 0.1) is 11.7 Å². The summed E-state index contributed by atoms with van der Waals surface area (Å²) in [6.07, 6.45) is 1.77. The number of thiazole rings is 1. The molecule has 2 heterocycles. The zero-order valence-corrected chi connectivity index (χ0v) is 9.92. The van der Waals surface area contributed by atoms with Crippen molar-refractivity contribution in [1.29, 1.82) is 0 Å². The monoisotopic (exact) mass is 255 g/mol. The topological polar surface area (TPSA) is 91.3 Å². The van der Waals surface area contributed by atoms with E-state index in [1.165, 1.54) is 0 Å². The minimum absolute atomic E-state index is 0.00457. The number of nitrogens with one attached hydrogen (secondary N) is 2. The van der Waals surface area contributed by atoms with Crippen LogP contribution in [-0.4, -0.2) is 34.6 Å². The predicted molar refractivity (Wildman–Crippen MR) is 61.9 cm³/mol. The first-order valence-electron chi connectivity index (χ1n) is 5.35. The molecule has 1 atom stereocenters. The number of amides is 1. The number of aromatic carboxylic acids is 1. The standard InChI is InChI=1S/C10H13N3O3S/c14-8-7(2-1-3-11-8)12-4-6-5-17-9(13-6)10(15)16/h5,7,12H,1-4H2,(H,11,14)(H,15,16). The van der Waals surface area contributed by atoms with Gasteiger partial charge in [-0.15, -0.1) is 11.3 Å². The minimum Gasteiger partial charge on any atom is -0.476 e. The van der Waals surface area contributed by atoms with E-state index in [9.17, 15) is 9.59 Å². The number of piperidine rings is 1. The Hall–Kier alpha value is -1.47. The molecule has 0 radical (unpaired) electrons. The lowest BCUT2D eigenvalue weighted by molar-refractivity contribution is -0.124. The summed E-state index contributed by atoms with van der Waals surface area (Å²) in [4.78, 5) is 26.0. The van der Waals surface area contributed by atoms with E-state index in [1.807, 2.05) is 0 Å². The fraction of sp³-hybridized carbons (Fsp3) is 0.500. The summed E-state index contributed by atoms with van der Waals surface area (Å²) in [6.45, 7) is 1.15. The van der Waals surface area contributed by atoms with Crippen LogP contribution in [0, 0.1) is 0 Å². The number of hydrogen-bond acceptors (Lipinski definition) is 5. The third-order valence-electron chi connectivity index (χ3n) is 2.55. The molecule has 1 aliphatic heterocycles. The highest BCUT2D eigenvalue weighted by Crippen LogP contribution is 2.10. The van der Waals surface area contributed by atoms with Crippen molar-refractivity contribution in [2.45, 2.75) is 25.4 Å². The Bertz CT molecular complexity index is 432. The lowest BCUT2D eigenvalue weighted by Gasteiger charge is -2.22. The second-order valence-electron chi connectivity index (χ2n) is 3.82. The Labute approximate surface area is 102 Å². The van der Waals surface area contributed by atoms with Crippen molar-refractivity contribution in [3.8, 4) is 0 Å². The molecule has 17 heavy (non-hydrogen) atoms. The minimum atomic E-state index is -1.02. The molecule has 0 bridgehead atoms. The number of rotatable bonds is 4. The molecule has 0 aliphatic carbocycles. The van der Waals surface area contributed by atoms with Crippen LogP contribution in [0.4, 0.5) is 0 Å². The highest BCUT2D eigenvalue weighted by Gasteiger charge is 2.21. The predicted octanol–water partition coefficient (Wildman–Crippen LogP) is 0.209. The van der Waals surface area contributed by atoms with E-state index in [0.717, 1.165) is 30.7 Å². The molecular weight excluding hydrogens is 242 g/mol. The molecule has 0 saturated carbocycles. The van der Waals surface area contributed by atoms with Crippen LogP contribution in [0.25, 0.3) is 0 Å². The number of carbonyl (C=O) groups excluding carboxylic acids is 1. The molecule has 92 valence electrons. The molecule has 1 unspecified atom stereocenters. The van der Waals surface area contributed by atoms with Gasteiger partial charge in [-0.05, 0) is 12.8 Å². The van der Waals surface area contributed by atoms with Gasteiger partial charge in [-0.3, -0.25) is 4.79 Å². The highest BCUT2D eigenvalue weighted by molar-refractivity contribution is 7.11. The van der Waals surface area contributed by atoms with E-state index >= 15 is 0 Å². The molecule has 2 rings (SSSR count). The fourth-order valence-electron chi connectivity index (χ4n) is 1.68. The highest BCUT2D eigenvalue weighted by atomic mass is 32.1. The second kappa shape index (κ2) is 5.24. The smallest absolute Gasteiger partial charge is 0.365 e. The second-order valence-corrected chi connectivity index (χ2v) is 4.67. The van der Waals surface area contributed by atoms with E-state index < -0.39 is 5.97 Å². The van der Waals surface area contributed by atoms with Crippen molar-refractivity contribution in [3.05, 3.63) is 16.1 Å². The van der Waals surface area contributed by atoms with Crippen molar-refractivity contribution in [2.24, 2.45) is 0 Å². The van der Waals surface area contributed by atoms with Gasteiger partial charge in [0.2, 0.25) is 10.9 Å². The third-order valence-corrected chi connectivity index (χ3v) is 3.43. The van der Waals surface area contributed by atoms with Gasteiger partial charge in [0.15, 0.2) is 0 Å². The van der Waals surface area contributed by atoms with Crippen LogP contribution in [0.2, 0.25) is 0 Å². The Kier molecular flexibility index (Phi) is 3.70. The van der Waals surface area contributed by atoms with E-state index in [0.29, 0.717) is 12.2 Å². The zero-order valence-electron chi connectivity index (χ0n) is 9.10. The van der Waals surface area contributed by atoms with Crippen LogP contribution < -0.4 is 10.6 Å². The molecule has 1 amide bonds. The maximum Gasteiger partial charge on any atom is 0.365 e. The van der Waals surface area contributed by atoms with E-state index in [1.54, 1.807) is 5.38 Å². The lowest BCUT2D eigenvalue weighted by atomic mass is 10.1. The third kappa shape index (κ3) is 3.01. The summed E-state index contributed by atoms with van der Waals surface area (Å²) in [5.74, 6) is -1.01. The van der Waals surface area contributed by atoms with Crippen LogP contribution in [-0.2, 0) is 11.3 Å². The Morgan fingerprint density at radius 1 is 1.71 bits per heavy atom. The lowest BCUT2D eigenvalue weighted by Crippen LogP contribution is -2.47. The number of carbonyl (C=O) groups is 2. The number of hydrogen-bond donors (Lipinski definition) is 3. The number of carboxylic acids is 1. The number of nitrogens with zero attached hydrogens (tertiary/aromatic N) is 1. The molecule has 7 heteroatoms. The average molecular weight is 255 g/mol. The van der Waals surface area contributed by atoms with Crippen LogP contribution in [0.3, 0.4) is 0 Å². The fourth-order valence-corrected chi connectivity index (χ4v) is 2.34. The van der Waals surface area contributed by atoms with Crippen molar-refractivity contribution in [1.82, 2.24) is 15.6 Å².